The van der Waals surface area contributed by atoms with Gasteiger partial charge in [-0.1, -0.05) is 36.4 Å². The van der Waals surface area contributed by atoms with Gasteiger partial charge in [0, 0.05) is 18.3 Å². The molecule has 0 aliphatic rings. The fourth-order valence-electron chi connectivity index (χ4n) is 2.44. The van der Waals surface area contributed by atoms with Crippen LogP contribution in [0, 0.1) is 0 Å². The molecule has 6 heteroatoms. The smallest absolute Gasteiger partial charge is 0.159 e. The van der Waals surface area contributed by atoms with Crippen molar-refractivity contribution in [2.45, 2.75) is 6.42 Å². The van der Waals surface area contributed by atoms with Crippen molar-refractivity contribution >= 4 is 23.0 Å². The normalized spacial score (nSPS) is 10.3. The summed E-state index contributed by atoms with van der Waals surface area (Å²) in [7, 11) is 1.63. The fraction of sp³-hybridized carbons (Fsp3) is 0.158. The molecule has 3 aromatic rings. The van der Waals surface area contributed by atoms with Gasteiger partial charge in [-0.25, -0.2) is 9.97 Å². The fourth-order valence-corrected chi connectivity index (χ4v) is 2.44. The van der Waals surface area contributed by atoms with Crippen molar-refractivity contribution in [2.24, 2.45) is 0 Å². The van der Waals surface area contributed by atoms with Gasteiger partial charge in [0.05, 0.1) is 7.11 Å². The minimum atomic E-state index is 0.485. The van der Waals surface area contributed by atoms with Crippen molar-refractivity contribution in [1.29, 1.82) is 0 Å². The third-order valence-electron chi connectivity index (χ3n) is 3.77. The maximum absolute atomic E-state index is 6.20. The molecule has 1 aromatic heterocycles. The maximum Gasteiger partial charge on any atom is 0.159 e. The number of aromatic nitrogens is 2. The summed E-state index contributed by atoms with van der Waals surface area (Å²) >= 11 is 0. The van der Waals surface area contributed by atoms with E-state index in [2.05, 4.69) is 32.7 Å². The average Bonchev–Trinajstić information content (AvgIpc) is 2.66. The number of rotatable bonds is 7. The highest BCUT2D eigenvalue weighted by molar-refractivity contribution is 5.77. The number of hydrogen-bond acceptors (Lipinski definition) is 6. The van der Waals surface area contributed by atoms with E-state index in [1.165, 1.54) is 11.9 Å². The van der Waals surface area contributed by atoms with Crippen LogP contribution in [0.15, 0.2) is 60.9 Å². The molecule has 0 saturated carbocycles. The van der Waals surface area contributed by atoms with E-state index < -0.39 is 0 Å². The van der Waals surface area contributed by atoms with Crippen LogP contribution in [0.25, 0.3) is 0 Å². The molecular formula is C19H21N5O. The summed E-state index contributed by atoms with van der Waals surface area (Å²) < 4.78 is 5.23. The predicted octanol–water partition coefficient (Wildman–Crippen LogP) is 3.47. The Hall–Kier alpha value is -3.28. The van der Waals surface area contributed by atoms with Gasteiger partial charge < -0.3 is 21.1 Å². The molecule has 4 N–H and O–H groups in total. The van der Waals surface area contributed by atoms with Crippen LogP contribution < -0.4 is 21.1 Å². The molecular weight excluding hydrogens is 314 g/mol. The topological polar surface area (TPSA) is 85.1 Å². The van der Waals surface area contributed by atoms with Gasteiger partial charge in [-0.3, -0.25) is 0 Å². The zero-order valence-electron chi connectivity index (χ0n) is 14.1. The lowest BCUT2D eigenvalue weighted by Gasteiger charge is -2.13. The molecule has 3 rings (SSSR count). The molecule has 0 radical (unpaired) electrons. The Bertz CT molecular complexity index is 823. The van der Waals surface area contributed by atoms with Gasteiger partial charge >= 0.3 is 0 Å². The Morgan fingerprint density at radius 2 is 1.80 bits per heavy atom. The maximum atomic E-state index is 6.20. The van der Waals surface area contributed by atoms with Gasteiger partial charge in [0.15, 0.2) is 11.6 Å². The van der Waals surface area contributed by atoms with E-state index in [4.69, 9.17) is 10.5 Å². The predicted molar refractivity (Wildman–Crippen MR) is 101 cm³/mol. The zero-order valence-corrected chi connectivity index (χ0v) is 14.1. The number of methoxy groups -OCH3 is 1. The first kappa shape index (κ1) is 16.6. The summed E-state index contributed by atoms with van der Waals surface area (Å²) in [5, 5.41) is 6.47. The number of hydrogen-bond donors (Lipinski definition) is 3. The minimum Gasteiger partial charge on any atom is -0.497 e. The number of nitrogen functional groups attached to an aromatic ring is 1. The van der Waals surface area contributed by atoms with Gasteiger partial charge in [-0.15, -0.1) is 0 Å². The molecule has 2 aromatic carbocycles. The molecule has 0 amide bonds. The van der Waals surface area contributed by atoms with Crippen LogP contribution in [-0.2, 0) is 6.42 Å². The molecule has 0 atom stereocenters. The lowest BCUT2D eigenvalue weighted by molar-refractivity contribution is 0.415. The summed E-state index contributed by atoms with van der Waals surface area (Å²) in [6, 6.07) is 17.9. The first-order chi connectivity index (χ1) is 12.3. The lowest BCUT2D eigenvalue weighted by Crippen LogP contribution is -2.10. The highest BCUT2D eigenvalue weighted by Gasteiger charge is 2.08. The summed E-state index contributed by atoms with van der Waals surface area (Å²) in [4.78, 5) is 8.46. The SMILES string of the molecule is COc1cccc(Nc2ncnc(NCCc3ccccc3)c2N)c1. The number of ether oxygens (including phenoxy) is 1. The van der Waals surface area contributed by atoms with Crippen molar-refractivity contribution in [2.75, 3.05) is 30.0 Å². The van der Waals surface area contributed by atoms with Crippen LogP contribution in [0.2, 0.25) is 0 Å². The van der Waals surface area contributed by atoms with Crippen LogP contribution in [-0.4, -0.2) is 23.6 Å². The van der Waals surface area contributed by atoms with Crippen molar-refractivity contribution in [3.05, 3.63) is 66.5 Å². The Morgan fingerprint density at radius 3 is 2.60 bits per heavy atom. The summed E-state index contributed by atoms with van der Waals surface area (Å²) in [6.07, 6.45) is 2.38. The quantitative estimate of drug-likeness (QED) is 0.613. The van der Waals surface area contributed by atoms with Gasteiger partial charge in [-0.2, -0.15) is 0 Å². The minimum absolute atomic E-state index is 0.485. The van der Waals surface area contributed by atoms with Gasteiger partial charge in [0.25, 0.3) is 0 Å². The van der Waals surface area contributed by atoms with E-state index in [-0.39, 0.29) is 0 Å². The van der Waals surface area contributed by atoms with E-state index in [0.29, 0.717) is 17.3 Å². The molecule has 0 aliphatic carbocycles. The van der Waals surface area contributed by atoms with Gasteiger partial charge in [0.1, 0.15) is 17.8 Å². The van der Waals surface area contributed by atoms with Crippen LogP contribution in [0.4, 0.5) is 23.0 Å². The van der Waals surface area contributed by atoms with E-state index in [1.807, 2.05) is 42.5 Å². The highest BCUT2D eigenvalue weighted by Crippen LogP contribution is 2.27. The number of nitrogens with one attached hydrogen (secondary N) is 2. The standard InChI is InChI=1S/C19H21N5O/c1-25-16-9-5-8-15(12-16)24-19-17(20)18(22-13-23-19)21-11-10-14-6-3-2-4-7-14/h2-9,12-13H,10-11,20H2,1H3,(H2,21,22,23,24). The second kappa shape index (κ2) is 8.01. The summed E-state index contributed by atoms with van der Waals surface area (Å²) in [6.45, 7) is 0.740. The van der Waals surface area contributed by atoms with Crippen LogP contribution in [0.5, 0.6) is 5.75 Å². The third kappa shape index (κ3) is 4.38. The second-order valence-electron chi connectivity index (χ2n) is 5.50. The second-order valence-corrected chi connectivity index (χ2v) is 5.50. The van der Waals surface area contributed by atoms with Crippen LogP contribution in [0.1, 0.15) is 5.56 Å². The van der Waals surface area contributed by atoms with E-state index >= 15 is 0 Å². The lowest BCUT2D eigenvalue weighted by atomic mass is 10.1. The molecule has 0 bridgehead atoms. The van der Waals surface area contributed by atoms with E-state index in [0.717, 1.165) is 24.4 Å². The molecule has 1 heterocycles. The molecule has 0 saturated heterocycles. The first-order valence-corrected chi connectivity index (χ1v) is 8.05. The number of anilines is 4. The van der Waals surface area contributed by atoms with Crippen LogP contribution in [0.3, 0.4) is 0 Å². The summed E-state index contributed by atoms with van der Waals surface area (Å²) in [5.41, 5.74) is 8.79. The first-order valence-electron chi connectivity index (χ1n) is 8.05. The molecule has 0 unspecified atom stereocenters. The highest BCUT2D eigenvalue weighted by atomic mass is 16.5. The Kier molecular flexibility index (Phi) is 5.31. The average molecular weight is 335 g/mol. The molecule has 25 heavy (non-hydrogen) atoms. The molecule has 128 valence electrons. The largest absolute Gasteiger partial charge is 0.497 e. The van der Waals surface area contributed by atoms with Crippen molar-refractivity contribution < 1.29 is 4.74 Å². The monoisotopic (exact) mass is 335 g/mol. The number of nitrogens with two attached hydrogens (primary N) is 1. The number of nitrogens with zero attached hydrogens (tertiary/aromatic N) is 2. The molecule has 6 nitrogen and oxygen atoms in total. The zero-order chi connectivity index (χ0) is 17.5. The van der Waals surface area contributed by atoms with Crippen LogP contribution >= 0.6 is 0 Å². The van der Waals surface area contributed by atoms with Crippen molar-refractivity contribution in [3.63, 3.8) is 0 Å². The van der Waals surface area contributed by atoms with E-state index in [9.17, 15) is 0 Å². The number of benzene rings is 2. The van der Waals surface area contributed by atoms with Gasteiger partial charge in [-0.05, 0) is 24.1 Å². The van der Waals surface area contributed by atoms with E-state index in [1.54, 1.807) is 7.11 Å². The Labute approximate surface area is 147 Å². The van der Waals surface area contributed by atoms with Crippen molar-refractivity contribution in [3.8, 4) is 5.75 Å². The molecule has 0 spiro atoms. The van der Waals surface area contributed by atoms with Crippen molar-refractivity contribution in [1.82, 2.24) is 9.97 Å². The Balaban J connectivity index is 1.67. The Morgan fingerprint density at radius 1 is 1.00 bits per heavy atom. The molecule has 0 aliphatic heterocycles. The third-order valence-corrected chi connectivity index (χ3v) is 3.77. The molecule has 0 fully saturated rings. The summed E-state index contributed by atoms with van der Waals surface area (Å²) in [5.74, 6) is 1.95. The van der Waals surface area contributed by atoms with Gasteiger partial charge in [0.2, 0.25) is 0 Å².